The number of amides is 1. The van der Waals surface area contributed by atoms with Crippen molar-refractivity contribution in [3.05, 3.63) is 47.9 Å². The van der Waals surface area contributed by atoms with Crippen molar-refractivity contribution in [2.45, 2.75) is 12.1 Å². The van der Waals surface area contributed by atoms with Gasteiger partial charge in [0.25, 0.3) is 5.95 Å². The average Bonchev–Trinajstić information content (AvgIpc) is 3.32. The van der Waals surface area contributed by atoms with Crippen LogP contribution in [0.5, 0.6) is 5.75 Å². The van der Waals surface area contributed by atoms with Gasteiger partial charge in [-0.2, -0.15) is 5.10 Å². The summed E-state index contributed by atoms with van der Waals surface area (Å²) in [6.07, 6.45) is 3.02. The van der Waals surface area contributed by atoms with Crippen molar-refractivity contribution in [2.75, 3.05) is 29.4 Å². The zero-order valence-corrected chi connectivity index (χ0v) is 16.1. The van der Waals surface area contributed by atoms with Crippen LogP contribution < -0.4 is 21.3 Å². The molecule has 2 aromatic heterocycles. The number of rotatable bonds is 8. The van der Waals surface area contributed by atoms with Gasteiger partial charge in [0, 0.05) is 5.69 Å². The third-order valence-corrected chi connectivity index (χ3v) is 4.55. The van der Waals surface area contributed by atoms with E-state index >= 15 is 0 Å². The maximum atomic E-state index is 12.2. The molecule has 0 atom stereocenters. The van der Waals surface area contributed by atoms with Crippen LogP contribution in [-0.4, -0.2) is 39.9 Å². The molecule has 0 unspecified atom stereocenters. The summed E-state index contributed by atoms with van der Waals surface area (Å²) in [4.78, 5) is 12.2. The van der Waals surface area contributed by atoms with Gasteiger partial charge in [-0.05, 0) is 42.8 Å². The molecule has 4 N–H and O–H groups in total. The highest BCUT2D eigenvalue weighted by Crippen LogP contribution is 2.22. The van der Waals surface area contributed by atoms with Crippen LogP contribution in [0, 0.1) is 6.92 Å². The first kappa shape index (κ1) is 19.3. The molecule has 3 rings (SSSR count). The number of nitrogens with two attached hydrogens (primary N) is 1. The van der Waals surface area contributed by atoms with Crippen LogP contribution in [0.25, 0.3) is 0 Å². The Morgan fingerprint density at radius 1 is 1.43 bits per heavy atom. The molecule has 2 heterocycles. The number of ether oxygens (including phenoxy) is 1. The third-order valence-electron chi connectivity index (χ3n) is 3.60. The predicted octanol–water partition coefficient (Wildman–Crippen LogP) is 2.08. The van der Waals surface area contributed by atoms with Crippen LogP contribution in [0.3, 0.4) is 0 Å². The number of hydrogen-bond acceptors (Lipinski definition) is 9. The third kappa shape index (κ3) is 4.82. The van der Waals surface area contributed by atoms with Crippen molar-refractivity contribution in [1.29, 1.82) is 0 Å². The summed E-state index contributed by atoms with van der Waals surface area (Å²) in [5.74, 6) is 7.40. The van der Waals surface area contributed by atoms with E-state index in [0.29, 0.717) is 10.9 Å². The zero-order valence-electron chi connectivity index (χ0n) is 15.2. The lowest BCUT2D eigenvalue weighted by atomic mass is 10.2. The summed E-state index contributed by atoms with van der Waals surface area (Å²) in [7, 11) is 1.60. The minimum absolute atomic E-state index is 0.121. The van der Waals surface area contributed by atoms with Gasteiger partial charge >= 0.3 is 0 Å². The number of methoxy groups -OCH3 is 1. The van der Waals surface area contributed by atoms with Gasteiger partial charge in [-0.15, -0.1) is 10.2 Å². The van der Waals surface area contributed by atoms with E-state index in [1.165, 1.54) is 10.9 Å². The molecule has 11 heteroatoms. The van der Waals surface area contributed by atoms with E-state index in [9.17, 15) is 4.79 Å². The monoisotopic (exact) mass is 401 g/mol. The highest BCUT2D eigenvalue weighted by atomic mass is 32.2. The number of nitrogens with one attached hydrogen (secondary N) is 2. The second kappa shape index (κ2) is 8.95. The lowest BCUT2D eigenvalue weighted by Gasteiger charge is -2.09. The maximum Gasteiger partial charge on any atom is 0.264 e. The van der Waals surface area contributed by atoms with Crippen LogP contribution in [0.2, 0.25) is 0 Å². The molecular weight excluding hydrogens is 382 g/mol. The van der Waals surface area contributed by atoms with E-state index in [4.69, 9.17) is 15.0 Å². The van der Waals surface area contributed by atoms with Gasteiger partial charge < -0.3 is 20.3 Å². The number of carbonyl (C=O) groups excluding carboxylic acids is 1. The Hall–Kier alpha value is -3.47. The van der Waals surface area contributed by atoms with Crippen LogP contribution >= 0.6 is 11.8 Å². The molecule has 1 amide bonds. The van der Waals surface area contributed by atoms with E-state index < -0.39 is 0 Å². The number of aryl methyl sites for hydroxylation is 1. The standard InChI is InChI=1S/C17H19N7O3S/c1-11-8-12(26-2)5-6-14(11)20-15(25)10-28-17-23-22-16(24(17)18)21-19-9-13-4-3-7-27-13/h3-9H,10,18H2,1-2H3,(H,20,25)(H,21,22)/b19-9+. The number of hydrogen-bond donors (Lipinski definition) is 3. The molecule has 0 spiro atoms. The molecule has 0 saturated heterocycles. The van der Waals surface area contributed by atoms with Gasteiger partial charge in [0.05, 0.1) is 25.3 Å². The number of carbonyl (C=O) groups is 1. The van der Waals surface area contributed by atoms with E-state index in [0.717, 1.165) is 28.8 Å². The summed E-state index contributed by atoms with van der Waals surface area (Å²) in [5.41, 5.74) is 4.29. The number of thioether (sulfide) groups is 1. The SMILES string of the molecule is COc1ccc(NC(=O)CSc2nnc(N/N=C/c3ccco3)n2N)c(C)c1. The molecule has 10 nitrogen and oxygen atoms in total. The second-order valence-electron chi connectivity index (χ2n) is 5.58. The number of furan rings is 1. The van der Waals surface area contributed by atoms with Crippen LogP contribution in [-0.2, 0) is 4.79 Å². The summed E-state index contributed by atoms with van der Waals surface area (Å²) in [6, 6.07) is 8.93. The van der Waals surface area contributed by atoms with Gasteiger partial charge in [0.1, 0.15) is 11.5 Å². The number of anilines is 2. The van der Waals surface area contributed by atoms with E-state index in [2.05, 4.69) is 26.0 Å². The van der Waals surface area contributed by atoms with Gasteiger partial charge in [-0.1, -0.05) is 11.8 Å². The van der Waals surface area contributed by atoms with Crippen LogP contribution in [0.15, 0.2) is 51.3 Å². The number of nitrogens with zero attached hydrogens (tertiary/aromatic N) is 4. The topological polar surface area (TPSA) is 133 Å². The molecule has 28 heavy (non-hydrogen) atoms. The summed E-state index contributed by atoms with van der Waals surface area (Å²) in [5, 5.41) is 15.0. The summed E-state index contributed by atoms with van der Waals surface area (Å²) in [6.45, 7) is 1.89. The number of nitrogen functional groups attached to an aromatic ring is 1. The van der Waals surface area contributed by atoms with Gasteiger partial charge in [-0.25, -0.2) is 10.1 Å². The van der Waals surface area contributed by atoms with E-state index in [1.54, 1.807) is 37.6 Å². The minimum Gasteiger partial charge on any atom is -0.497 e. The zero-order chi connectivity index (χ0) is 19.9. The van der Waals surface area contributed by atoms with Crippen molar-refractivity contribution in [2.24, 2.45) is 5.10 Å². The normalized spacial score (nSPS) is 10.9. The van der Waals surface area contributed by atoms with Crippen LogP contribution in [0.4, 0.5) is 11.6 Å². The van der Waals surface area contributed by atoms with Crippen molar-refractivity contribution in [3.63, 3.8) is 0 Å². The fourth-order valence-electron chi connectivity index (χ4n) is 2.19. The van der Waals surface area contributed by atoms with Crippen molar-refractivity contribution in [1.82, 2.24) is 14.9 Å². The smallest absolute Gasteiger partial charge is 0.264 e. The highest BCUT2D eigenvalue weighted by Gasteiger charge is 2.13. The minimum atomic E-state index is -0.188. The predicted molar refractivity (Wildman–Crippen MR) is 107 cm³/mol. The quantitative estimate of drug-likeness (QED) is 0.226. The molecule has 0 bridgehead atoms. The summed E-state index contributed by atoms with van der Waals surface area (Å²) < 4.78 is 11.5. The molecule has 0 aliphatic rings. The van der Waals surface area contributed by atoms with Crippen molar-refractivity contribution in [3.8, 4) is 5.75 Å². The lowest BCUT2D eigenvalue weighted by Crippen LogP contribution is -2.17. The van der Waals surface area contributed by atoms with Gasteiger partial charge in [0.2, 0.25) is 11.1 Å². The first-order valence-corrected chi connectivity index (χ1v) is 9.15. The Morgan fingerprint density at radius 2 is 2.29 bits per heavy atom. The fourth-order valence-corrected chi connectivity index (χ4v) is 2.85. The Labute approximate surface area is 165 Å². The molecule has 0 radical (unpaired) electrons. The molecule has 0 saturated carbocycles. The molecule has 0 fully saturated rings. The van der Waals surface area contributed by atoms with E-state index in [-0.39, 0.29) is 17.6 Å². The maximum absolute atomic E-state index is 12.2. The fraction of sp³-hybridized carbons (Fsp3) is 0.176. The van der Waals surface area contributed by atoms with Gasteiger partial charge in [0.15, 0.2) is 0 Å². The van der Waals surface area contributed by atoms with Crippen molar-refractivity contribution < 1.29 is 13.9 Å². The van der Waals surface area contributed by atoms with E-state index in [1.807, 2.05) is 13.0 Å². The molecule has 3 aromatic rings. The van der Waals surface area contributed by atoms with Gasteiger partial charge in [-0.3, -0.25) is 4.79 Å². The molecule has 0 aliphatic heterocycles. The first-order chi connectivity index (χ1) is 13.6. The Morgan fingerprint density at radius 3 is 3.00 bits per heavy atom. The molecular formula is C17H19N7O3S. The highest BCUT2D eigenvalue weighted by molar-refractivity contribution is 7.99. The number of benzene rings is 1. The number of aromatic nitrogens is 3. The molecule has 146 valence electrons. The lowest BCUT2D eigenvalue weighted by molar-refractivity contribution is -0.113. The van der Waals surface area contributed by atoms with Crippen LogP contribution in [0.1, 0.15) is 11.3 Å². The average molecular weight is 401 g/mol. The Balaban J connectivity index is 1.53. The Kier molecular flexibility index (Phi) is 6.17. The number of hydrazone groups is 1. The largest absolute Gasteiger partial charge is 0.497 e. The molecule has 0 aliphatic carbocycles. The van der Waals surface area contributed by atoms with Crippen molar-refractivity contribution >= 4 is 35.5 Å². The molecule has 1 aromatic carbocycles. The second-order valence-corrected chi connectivity index (χ2v) is 6.52. The Bertz CT molecular complexity index is 969. The summed E-state index contributed by atoms with van der Waals surface area (Å²) >= 11 is 1.16. The first-order valence-electron chi connectivity index (χ1n) is 8.17.